The summed E-state index contributed by atoms with van der Waals surface area (Å²) in [6.07, 6.45) is 1.26. The molecule has 0 aromatic heterocycles. The van der Waals surface area contributed by atoms with Gasteiger partial charge >= 0.3 is 5.97 Å². The molecular weight excluding hydrogens is 188 g/mol. The van der Waals surface area contributed by atoms with E-state index in [2.05, 4.69) is 24.8 Å². The standard InChI is InChI=1S/C13H16O2/c1-9-4-5-10(2)12(8-9)7-6-11(3)13(14)15/h4-5,8H,3,6-7H2,1-2H3,(H,14,15). The highest BCUT2D eigenvalue weighted by molar-refractivity contribution is 5.85. The van der Waals surface area contributed by atoms with E-state index in [1.54, 1.807) is 0 Å². The van der Waals surface area contributed by atoms with Crippen molar-refractivity contribution in [3.63, 3.8) is 0 Å². The quantitative estimate of drug-likeness (QED) is 0.766. The molecule has 1 aromatic rings. The van der Waals surface area contributed by atoms with Crippen LogP contribution in [0.15, 0.2) is 30.4 Å². The van der Waals surface area contributed by atoms with Crippen LogP contribution in [0.2, 0.25) is 0 Å². The second-order valence-electron chi connectivity index (χ2n) is 3.84. The Morgan fingerprint density at radius 3 is 2.67 bits per heavy atom. The highest BCUT2D eigenvalue weighted by Gasteiger charge is 2.05. The molecule has 0 bridgehead atoms. The zero-order valence-electron chi connectivity index (χ0n) is 9.21. The zero-order valence-corrected chi connectivity index (χ0v) is 9.21. The van der Waals surface area contributed by atoms with Crippen molar-refractivity contribution in [2.75, 3.05) is 0 Å². The summed E-state index contributed by atoms with van der Waals surface area (Å²) in [5.74, 6) is -0.902. The maximum Gasteiger partial charge on any atom is 0.330 e. The summed E-state index contributed by atoms with van der Waals surface area (Å²) in [7, 11) is 0. The highest BCUT2D eigenvalue weighted by atomic mass is 16.4. The molecule has 0 spiro atoms. The molecule has 1 N–H and O–H groups in total. The highest BCUT2D eigenvalue weighted by Crippen LogP contribution is 2.14. The van der Waals surface area contributed by atoms with Gasteiger partial charge in [-0.25, -0.2) is 4.79 Å². The summed E-state index contributed by atoms with van der Waals surface area (Å²) in [6, 6.07) is 6.23. The number of carbonyl (C=O) groups is 1. The van der Waals surface area contributed by atoms with Gasteiger partial charge < -0.3 is 5.11 Å². The van der Waals surface area contributed by atoms with Crippen LogP contribution in [0.5, 0.6) is 0 Å². The van der Waals surface area contributed by atoms with Crippen molar-refractivity contribution >= 4 is 5.97 Å². The van der Waals surface area contributed by atoms with Crippen molar-refractivity contribution in [1.82, 2.24) is 0 Å². The van der Waals surface area contributed by atoms with Gasteiger partial charge in [-0.2, -0.15) is 0 Å². The van der Waals surface area contributed by atoms with E-state index < -0.39 is 5.97 Å². The molecule has 0 unspecified atom stereocenters. The molecule has 0 saturated carbocycles. The van der Waals surface area contributed by atoms with Crippen molar-refractivity contribution in [3.8, 4) is 0 Å². The molecule has 1 aromatic carbocycles. The Bertz CT molecular complexity index is 392. The van der Waals surface area contributed by atoms with Crippen LogP contribution in [0, 0.1) is 13.8 Å². The number of carboxylic acids is 1. The lowest BCUT2D eigenvalue weighted by atomic mass is 9.99. The monoisotopic (exact) mass is 204 g/mol. The third-order valence-corrected chi connectivity index (χ3v) is 2.50. The summed E-state index contributed by atoms with van der Waals surface area (Å²) >= 11 is 0. The first-order valence-corrected chi connectivity index (χ1v) is 4.98. The van der Waals surface area contributed by atoms with Gasteiger partial charge in [0.2, 0.25) is 0 Å². The Labute approximate surface area is 90.3 Å². The van der Waals surface area contributed by atoms with Gasteiger partial charge in [0.1, 0.15) is 0 Å². The van der Waals surface area contributed by atoms with E-state index in [1.165, 1.54) is 16.7 Å². The molecule has 0 aliphatic rings. The van der Waals surface area contributed by atoms with Crippen LogP contribution in [-0.2, 0) is 11.2 Å². The molecule has 0 heterocycles. The number of aryl methyl sites for hydroxylation is 3. The number of carboxylic acid groups (broad SMARTS) is 1. The lowest BCUT2D eigenvalue weighted by molar-refractivity contribution is -0.132. The number of benzene rings is 1. The van der Waals surface area contributed by atoms with E-state index in [0.29, 0.717) is 6.42 Å². The second kappa shape index (κ2) is 4.78. The van der Waals surface area contributed by atoms with Gasteiger partial charge in [0.15, 0.2) is 0 Å². The van der Waals surface area contributed by atoms with Crippen molar-refractivity contribution < 1.29 is 9.90 Å². The number of aliphatic carboxylic acids is 1. The first-order chi connectivity index (χ1) is 7.00. The van der Waals surface area contributed by atoms with Gasteiger partial charge in [-0.05, 0) is 37.8 Å². The smallest absolute Gasteiger partial charge is 0.330 e. The minimum absolute atomic E-state index is 0.274. The minimum atomic E-state index is -0.902. The molecule has 0 fully saturated rings. The van der Waals surface area contributed by atoms with E-state index in [4.69, 9.17) is 5.11 Å². The maximum absolute atomic E-state index is 10.6. The molecule has 1 rings (SSSR count). The Hall–Kier alpha value is -1.57. The largest absolute Gasteiger partial charge is 0.478 e. The van der Waals surface area contributed by atoms with Crippen LogP contribution in [0.1, 0.15) is 23.1 Å². The molecule has 0 radical (unpaired) electrons. The molecule has 0 amide bonds. The lowest BCUT2D eigenvalue weighted by Crippen LogP contribution is -2.01. The Morgan fingerprint density at radius 2 is 2.07 bits per heavy atom. The molecule has 15 heavy (non-hydrogen) atoms. The molecule has 0 aliphatic carbocycles. The zero-order chi connectivity index (χ0) is 11.4. The Kier molecular flexibility index (Phi) is 3.67. The molecular formula is C13H16O2. The van der Waals surface area contributed by atoms with Crippen LogP contribution in [0.4, 0.5) is 0 Å². The summed E-state index contributed by atoms with van der Waals surface area (Å²) < 4.78 is 0. The fourth-order valence-corrected chi connectivity index (χ4v) is 1.46. The average molecular weight is 204 g/mol. The van der Waals surface area contributed by atoms with Gasteiger partial charge in [-0.1, -0.05) is 30.3 Å². The van der Waals surface area contributed by atoms with Crippen LogP contribution in [-0.4, -0.2) is 11.1 Å². The number of rotatable bonds is 4. The normalized spacial score (nSPS) is 10.0. The number of hydrogen-bond donors (Lipinski definition) is 1. The minimum Gasteiger partial charge on any atom is -0.478 e. The van der Waals surface area contributed by atoms with Crippen molar-refractivity contribution in [2.24, 2.45) is 0 Å². The van der Waals surface area contributed by atoms with Crippen molar-refractivity contribution in [3.05, 3.63) is 47.0 Å². The Morgan fingerprint density at radius 1 is 1.40 bits per heavy atom. The van der Waals surface area contributed by atoms with E-state index >= 15 is 0 Å². The average Bonchev–Trinajstić information content (AvgIpc) is 2.18. The molecule has 80 valence electrons. The van der Waals surface area contributed by atoms with Crippen molar-refractivity contribution in [2.45, 2.75) is 26.7 Å². The van der Waals surface area contributed by atoms with E-state index in [-0.39, 0.29) is 5.57 Å². The summed E-state index contributed by atoms with van der Waals surface area (Å²) in [5.41, 5.74) is 3.89. The SMILES string of the molecule is C=C(CCc1cc(C)ccc1C)C(=O)O. The van der Waals surface area contributed by atoms with Crippen LogP contribution >= 0.6 is 0 Å². The molecule has 0 saturated heterocycles. The van der Waals surface area contributed by atoms with Crippen LogP contribution in [0.3, 0.4) is 0 Å². The molecule has 0 atom stereocenters. The molecule has 0 aliphatic heterocycles. The third-order valence-electron chi connectivity index (χ3n) is 2.50. The van der Waals surface area contributed by atoms with E-state index in [1.807, 2.05) is 13.8 Å². The molecule has 2 heteroatoms. The van der Waals surface area contributed by atoms with E-state index in [9.17, 15) is 4.79 Å². The maximum atomic E-state index is 10.6. The van der Waals surface area contributed by atoms with Gasteiger partial charge in [0.05, 0.1) is 0 Å². The van der Waals surface area contributed by atoms with Crippen LogP contribution in [0.25, 0.3) is 0 Å². The van der Waals surface area contributed by atoms with Gasteiger partial charge in [0, 0.05) is 5.57 Å². The van der Waals surface area contributed by atoms with Crippen LogP contribution < -0.4 is 0 Å². The predicted molar refractivity (Wildman–Crippen MR) is 61.0 cm³/mol. The topological polar surface area (TPSA) is 37.3 Å². The second-order valence-corrected chi connectivity index (χ2v) is 3.84. The first kappa shape index (κ1) is 11.5. The van der Waals surface area contributed by atoms with Gasteiger partial charge in [-0.3, -0.25) is 0 Å². The first-order valence-electron chi connectivity index (χ1n) is 4.98. The fraction of sp³-hybridized carbons (Fsp3) is 0.308. The summed E-state index contributed by atoms with van der Waals surface area (Å²) in [4.78, 5) is 10.6. The van der Waals surface area contributed by atoms with Gasteiger partial charge in [0.25, 0.3) is 0 Å². The molecule has 2 nitrogen and oxygen atoms in total. The van der Waals surface area contributed by atoms with Gasteiger partial charge in [-0.15, -0.1) is 0 Å². The lowest BCUT2D eigenvalue weighted by Gasteiger charge is -2.06. The van der Waals surface area contributed by atoms with E-state index in [0.717, 1.165) is 6.42 Å². The predicted octanol–water partition coefficient (Wildman–Crippen LogP) is 2.88. The fourth-order valence-electron chi connectivity index (χ4n) is 1.46. The Balaban J connectivity index is 2.69. The third kappa shape index (κ3) is 3.24. The van der Waals surface area contributed by atoms with Crippen molar-refractivity contribution in [1.29, 1.82) is 0 Å². The summed E-state index contributed by atoms with van der Waals surface area (Å²) in [6.45, 7) is 7.60. The summed E-state index contributed by atoms with van der Waals surface area (Å²) in [5, 5.41) is 8.68. The number of hydrogen-bond acceptors (Lipinski definition) is 1.